The third-order valence-corrected chi connectivity index (χ3v) is 3.90. The molecule has 2 atom stereocenters. The summed E-state index contributed by atoms with van der Waals surface area (Å²) in [6, 6.07) is 0.605. The van der Waals surface area contributed by atoms with Crippen molar-refractivity contribution in [2.24, 2.45) is 11.3 Å². The predicted octanol–water partition coefficient (Wildman–Crippen LogP) is 2.74. The minimum absolute atomic E-state index is 0.359. The zero-order chi connectivity index (χ0) is 12.2. The third kappa shape index (κ3) is 4.06. The van der Waals surface area contributed by atoms with Crippen molar-refractivity contribution in [2.75, 3.05) is 26.7 Å². The molecule has 2 nitrogen and oxygen atoms in total. The van der Waals surface area contributed by atoms with Crippen LogP contribution < -0.4 is 5.32 Å². The van der Waals surface area contributed by atoms with Gasteiger partial charge in [-0.3, -0.25) is 0 Å². The second-order valence-electron chi connectivity index (χ2n) is 6.41. The van der Waals surface area contributed by atoms with Gasteiger partial charge in [-0.25, -0.2) is 0 Å². The fourth-order valence-electron chi connectivity index (χ4n) is 2.78. The largest absolute Gasteiger partial charge is 0.315 e. The Bertz CT molecular complexity index is 195. The Hall–Kier alpha value is -0.0800. The SMILES string of the molecule is CCCC1CCN(CC(NC)C(C)(C)C)C1. The van der Waals surface area contributed by atoms with Gasteiger partial charge in [0, 0.05) is 19.1 Å². The smallest absolute Gasteiger partial charge is 0.0240 e. The summed E-state index contributed by atoms with van der Waals surface area (Å²) in [4.78, 5) is 2.65. The van der Waals surface area contributed by atoms with E-state index in [4.69, 9.17) is 0 Å². The number of hydrogen-bond donors (Lipinski definition) is 1. The Morgan fingerprint density at radius 1 is 1.38 bits per heavy atom. The molecule has 1 aliphatic heterocycles. The third-order valence-electron chi connectivity index (χ3n) is 3.90. The van der Waals surface area contributed by atoms with Crippen molar-refractivity contribution < 1.29 is 0 Å². The number of likely N-dealkylation sites (tertiary alicyclic amines) is 1. The Morgan fingerprint density at radius 2 is 2.06 bits per heavy atom. The summed E-state index contributed by atoms with van der Waals surface area (Å²) in [5.41, 5.74) is 0.359. The molecule has 0 bridgehead atoms. The minimum atomic E-state index is 0.359. The van der Waals surface area contributed by atoms with Crippen molar-refractivity contribution in [1.82, 2.24) is 10.2 Å². The number of nitrogens with zero attached hydrogens (tertiary/aromatic N) is 1. The molecular weight excluding hydrogens is 196 g/mol. The fourth-order valence-corrected chi connectivity index (χ4v) is 2.78. The topological polar surface area (TPSA) is 15.3 Å². The number of nitrogens with one attached hydrogen (secondary N) is 1. The van der Waals surface area contributed by atoms with E-state index in [9.17, 15) is 0 Å². The van der Waals surface area contributed by atoms with Crippen LogP contribution in [0.2, 0.25) is 0 Å². The summed E-state index contributed by atoms with van der Waals surface area (Å²) >= 11 is 0. The summed E-state index contributed by atoms with van der Waals surface area (Å²) in [5.74, 6) is 0.961. The lowest BCUT2D eigenvalue weighted by atomic mass is 9.86. The van der Waals surface area contributed by atoms with Gasteiger partial charge >= 0.3 is 0 Å². The van der Waals surface area contributed by atoms with E-state index in [1.165, 1.54) is 38.9 Å². The highest BCUT2D eigenvalue weighted by Crippen LogP contribution is 2.24. The van der Waals surface area contributed by atoms with E-state index in [-0.39, 0.29) is 0 Å². The highest BCUT2D eigenvalue weighted by Gasteiger charge is 2.28. The summed E-state index contributed by atoms with van der Waals surface area (Å²) in [5, 5.41) is 3.47. The summed E-state index contributed by atoms with van der Waals surface area (Å²) < 4.78 is 0. The average Bonchev–Trinajstić information content (AvgIpc) is 2.61. The quantitative estimate of drug-likeness (QED) is 0.775. The van der Waals surface area contributed by atoms with E-state index in [2.05, 4.69) is 45.0 Å². The molecule has 0 aromatic carbocycles. The van der Waals surface area contributed by atoms with Crippen LogP contribution in [0.4, 0.5) is 0 Å². The average molecular weight is 226 g/mol. The van der Waals surface area contributed by atoms with Gasteiger partial charge in [-0.1, -0.05) is 34.1 Å². The zero-order valence-corrected chi connectivity index (χ0v) is 11.8. The van der Waals surface area contributed by atoms with Gasteiger partial charge in [-0.05, 0) is 37.8 Å². The monoisotopic (exact) mass is 226 g/mol. The van der Waals surface area contributed by atoms with Crippen LogP contribution in [0.15, 0.2) is 0 Å². The molecule has 1 rings (SSSR count). The summed E-state index contributed by atoms with van der Waals surface area (Å²) in [6.07, 6.45) is 4.16. The van der Waals surface area contributed by atoms with Gasteiger partial charge in [0.15, 0.2) is 0 Å². The molecule has 16 heavy (non-hydrogen) atoms. The Morgan fingerprint density at radius 3 is 2.56 bits per heavy atom. The van der Waals surface area contributed by atoms with Crippen molar-refractivity contribution >= 4 is 0 Å². The lowest BCUT2D eigenvalue weighted by Crippen LogP contribution is -2.46. The number of rotatable bonds is 5. The molecule has 2 heteroatoms. The van der Waals surface area contributed by atoms with Gasteiger partial charge in [0.2, 0.25) is 0 Å². The van der Waals surface area contributed by atoms with Gasteiger partial charge in [-0.2, -0.15) is 0 Å². The summed E-state index contributed by atoms with van der Waals surface area (Å²) in [7, 11) is 2.09. The number of hydrogen-bond acceptors (Lipinski definition) is 2. The van der Waals surface area contributed by atoms with Crippen LogP contribution in [0.25, 0.3) is 0 Å². The van der Waals surface area contributed by atoms with Gasteiger partial charge in [0.25, 0.3) is 0 Å². The van der Waals surface area contributed by atoms with Crippen LogP contribution in [0.1, 0.15) is 47.0 Å². The molecule has 96 valence electrons. The van der Waals surface area contributed by atoms with E-state index in [1.807, 2.05) is 0 Å². The van der Waals surface area contributed by atoms with Crippen molar-refractivity contribution in [2.45, 2.75) is 53.0 Å². The molecule has 1 N–H and O–H groups in total. The molecule has 0 aromatic rings. The first-order valence-corrected chi connectivity index (χ1v) is 6.87. The first-order valence-electron chi connectivity index (χ1n) is 6.87. The lowest BCUT2D eigenvalue weighted by molar-refractivity contribution is 0.197. The van der Waals surface area contributed by atoms with Gasteiger partial charge in [-0.15, -0.1) is 0 Å². The molecule has 0 aliphatic carbocycles. The maximum Gasteiger partial charge on any atom is 0.0240 e. The Labute approximate surface area is 102 Å². The predicted molar refractivity (Wildman–Crippen MR) is 71.8 cm³/mol. The van der Waals surface area contributed by atoms with Crippen LogP contribution in [0.5, 0.6) is 0 Å². The van der Waals surface area contributed by atoms with Crippen LogP contribution in [0, 0.1) is 11.3 Å². The van der Waals surface area contributed by atoms with Crippen LogP contribution in [-0.4, -0.2) is 37.6 Å². The minimum Gasteiger partial charge on any atom is -0.315 e. The normalized spacial score (nSPS) is 24.9. The van der Waals surface area contributed by atoms with E-state index in [1.54, 1.807) is 0 Å². The molecule has 1 heterocycles. The van der Waals surface area contributed by atoms with E-state index in [0.29, 0.717) is 11.5 Å². The molecule has 0 aromatic heterocycles. The van der Waals surface area contributed by atoms with E-state index >= 15 is 0 Å². The van der Waals surface area contributed by atoms with Gasteiger partial charge in [0.1, 0.15) is 0 Å². The van der Waals surface area contributed by atoms with Crippen molar-refractivity contribution in [1.29, 1.82) is 0 Å². The zero-order valence-electron chi connectivity index (χ0n) is 11.8. The van der Waals surface area contributed by atoms with Crippen LogP contribution >= 0.6 is 0 Å². The maximum atomic E-state index is 3.47. The first kappa shape index (κ1) is 14.0. The highest BCUT2D eigenvalue weighted by atomic mass is 15.2. The fraction of sp³-hybridized carbons (Fsp3) is 1.00. The molecule has 1 aliphatic rings. The van der Waals surface area contributed by atoms with E-state index in [0.717, 1.165) is 5.92 Å². The molecule has 1 saturated heterocycles. The standard InChI is InChI=1S/C14H30N2/c1-6-7-12-8-9-16(10-12)11-13(15-5)14(2,3)4/h12-13,15H,6-11H2,1-5H3. The maximum absolute atomic E-state index is 3.47. The van der Waals surface area contributed by atoms with Gasteiger partial charge in [0.05, 0.1) is 0 Å². The highest BCUT2D eigenvalue weighted by molar-refractivity contribution is 4.85. The molecular formula is C14H30N2. The van der Waals surface area contributed by atoms with Crippen LogP contribution in [0.3, 0.4) is 0 Å². The second kappa shape index (κ2) is 6.02. The molecule has 0 radical (unpaired) electrons. The second-order valence-corrected chi connectivity index (χ2v) is 6.41. The molecule has 0 saturated carbocycles. The Kier molecular flexibility index (Phi) is 5.26. The van der Waals surface area contributed by atoms with Crippen LogP contribution in [-0.2, 0) is 0 Å². The molecule has 2 unspecified atom stereocenters. The van der Waals surface area contributed by atoms with Crippen molar-refractivity contribution in [3.63, 3.8) is 0 Å². The molecule has 0 spiro atoms. The lowest BCUT2D eigenvalue weighted by Gasteiger charge is -2.33. The summed E-state index contributed by atoms with van der Waals surface area (Å²) in [6.45, 7) is 13.1. The van der Waals surface area contributed by atoms with E-state index < -0.39 is 0 Å². The first-order chi connectivity index (χ1) is 7.47. The van der Waals surface area contributed by atoms with Crippen molar-refractivity contribution in [3.05, 3.63) is 0 Å². The van der Waals surface area contributed by atoms with Crippen molar-refractivity contribution in [3.8, 4) is 0 Å². The number of likely N-dealkylation sites (N-methyl/N-ethyl adjacent to an activating group) is 1. The molecule has 1 fully saturated rings. The van der Waals surface area contributed by atoms with Gasteiger partial charge < -0.3 is 10.2 Å². The Balaban J connectivity index is 2.37. The molecule has 0 amide bonds.